The minimum Gasteiger partial charge on any atom is -0.338 e. The second-order valence-electron chi connectivity index (χ2n) is 3.94. The third-order valence-corrected chi connectivity index (χ3v) is 3.20. The van der Waals surface area contributed by atoms with E-state index in [0.717, 1.165) is 13.1 Å². The highest BCUT2D eigenvalue weighted by Gasteiger charge is 2.28. The molecule has 1 heterocycles. The molecule has 2 rings (SSSR count). The Kier molecular flexibility index (Phi) is 2.78. The zero-order valence-electron chi connectivity index (χ0n) is 8.34. The van der Waals surface area contributed by atoms with Gasteiger partial charge in [-0.3, -0.25) is 4.79 Å². The van der Waals surface area contributed by atoms with Gasteiger partial charge in [0.2, 0.25) is 0 Å². The summed E-state index contributed by atoms with van der Waals surface area (Å²) in [7, 11) is 0. The van der Waals surface area contributed by atoms with E-state index in [1.54, 1.807) is 11.0 Å². The Hall–Kier alpha value is -0.900. The summed E-state index contributed by atoms with van der Waals surface area (Å²) in [5, 5.41) is 0. The molecule has 1 fully saturated rings. The van der Waals surface area contributed by atoms with Crippen molar-refractivity contribution < 1.29 is 9.18 Å². The summed E-state index contributed by atoms with van der Waals surface area (Å²) in [4.78, 5) is 13.6. The van der Waals surface area contributed by atoms with E-state index in [4.69, 9.17) is 0 Å². The lowest BCUT2D eigenvalue weighted by Crippen LogP contribution is -2.48. The van der Waals surface area contributed by atoms with Crippen LogP contribution in [0.15, 0.2) is 22.7 Å². The molecule has 2 nitrogen and oxygen atoms in total. The summed E-state index contributed by atoms with van der Waals surface area (Å²) in [6, 6.07) is 4.17. The van der Waals surface area contributed by atoms with Crippen LogP contribution in [0, 0.1) is 11.7 Å². The van der Waals surface area contributed by atoms with Crippen molar-refractivity contribution in [1.29, 1.82) is 0 Å². The Morgan fingerprint density at radius 2 is 2.20 bits per heavy atom. The van der Waals surface area contributed by atoms with Crippen molar-refractivity contribution in [1.82, 2.24) is 4.90 Å². The van der Waals surface area contributed by atoms with Gasteiger partial charge in [0, 0.05) is 17.6 Å². The van der Waals surface area contributed by atoms with Crippen LogP contribution in [-0.2, 0) is 0 Å². The van der Waals surface area contributed by atoms with E-state index >= 15 is 0 Å². The first-order valence-corrected chi connectivity index (χ1v) is 5.61. The number of benzene rings is 1. The Balaban J connectivity index is 2.22. The fourth-order valence-electron chi connectivity index (χ4n) is 1.70. The zero-order chi connectivity index (χ0) is 11.0. The summed E-state index contributed by atoms with van der Waals surface area (Å²) in [6.45, 7) is 3.62. The zero-order valence-corrected chi connectivity index (χ0v) is 9.92. The fourth-order valence-corrected chi connectivity index (χ4v) is 2.11. The molecule has 0 aliphatic carbocycles. The molecular formula is C11H11BrFNO. The first-order valence-electron chi connectivity index (χ1n) is 4.82. The number of carbonyl (C=O) groups excluding carboxylic acids is 1. The quantitative estimate of drug-likeness (QED) is 0.769. The number of rotatable bonds is 1. The average Bonchev–Trinajstić information content (AvgIpc) is 2.16. The molecule has 0 unspecified atom stereocenters. The van der Waals surface area contributed by atoms with Crippen molar-refractivity contribution >= 4 is 21.8 Å². The summed E-state index contributed by atoms with van der Waals surface area (Å²) >= 11 is 3.25. The largest absolute Gasteiger partial charge is 0.338 e. The molecule has 0 radical (unpaired) electrons. The molecule has 0 atom stereocenters. The van der Waals surface area contributed by atoms with Gasteiger partial charge in [-0.2, -0.15) is 0 Å². The molecule has 0 spiro atoms. The van der Waals surface area contributed by atoms with Crippen LogP contribution in [0.1, 0.15) is 17.3 Å². The van der Waals surface area contributed by atoms with Gasteiger partial charge in [0.05, 0.1) is 5.56 Å². The van der Waals surface area contributed by atoms with E-state index in [1.807, 2.05) is 0 Å². The monoisotopic (exact) mass is 271 g/mol. The van der Waals surface area contributed by atoms with Crippen molar-refractivity contribution in [3.63, 3.8) is 0 Å². The third-order valence-electron chi connectivity index (χ3n) is 2.51. The third kappa shape index (κ3) is 2.04. The summed E-state index contributed by atoms with van der Waals surface area (Å²) in [5.41, 5.74) is 0.405. The van der Waals surface area contributed by atoms with Crippen LogP contribution in [-0.4, -0.2) is 23.9 Å². The first-order chi connectivity index (χ1) is 7.08. The maximum atomic E-state index is 13.0. The lowest BCUT2D eigenvalue weighted by atomic mass is 10.0. The number of hydrogen-bond acceptors (Lipinski definition) is 1. The number of halogens is 2. The van der Waals surface area contributed by atoms with Gasteiger partial charge >= 0.3 is 0 Å². The van der Waals surface area contributed by atoms with Crippen LogP contribution < -0.4 is 0 Å². The molecule has 0 aromatic heterocycles. The number of likely N-dealkylation sites (tertiary alicyclic amines) is 1. The molecule has 1 amide bonds. The van der Waals surface area contributed by atoms with Crippen molar-refractivity contribution in [2.45, 2.75) is 6.92 Å². The van der Waals surface area contributed by atoms with Crippen molar-refractivity contribution in [3.05, 3.63) is 34.1 Å². The smallest absolute Gasteiger partial charge is 0.255 e. The summed E-state index contributed by atoms with van der Waals surface area (Å²) < 4.78 is 13.6. The van der Waals surface area contributed by atoms with Gasteiger partial charge in [0.1, 0.15) is 5.82 Å². The van der Waals surface area contributed by atoms with Crippen LogP contribution in [0.2, 0.25) is 0 Å². The molecule has 1 aliphatic heterocycles. The maximum Gasteiger partial charge on any atom is 0.255 e. The van der Waals surface area contributed by atoms with Crippen LogP contribution in [0.3, 0.4) is 0 Å². The fraction of sp³-hybridized carbons (Fsp3) is 0.364. The van der Waals surface area contributed by atoms with Crippen LogP contribution >= 0.6 is 15.9 Å². The second kappa shape index (κ2) is 3.93. The normalized spacial score (nSPS) is 16.3. The topological polar surface area (TPSA) is 20.3 Å². The van der Waals surface area contributed by atoms with Gasteiger partial charge in [0.25, 0.3) is 5.91 Å². The number of nitrogens with zero attached hydrogens (tertiary/aromatic N) is 1. The highest BCUT2D eigenvalue weighted by atomic mass is 79.9. The van der Waals surface area contributed by atoms with Gasteiger partial charge in [0.15, 0.2) is 0 Å². The average molecular weight is 272 g/mol. The molecular weight excluding hydrogens is 261 g/mol. The summed E-state index contributed by atoms with van der Waals surface area (Å²) in [6.07, 6.45) is 0. The molecule has 0 N–H and O–H groups in total. The Bertz CT molecular complexity index is 402. The molecule has 15 heavy (non-hydrogen) atoms. The molecule has 0 saturated carbocycles. The molecule has 1 aromatic carbocycles. The predicted molar refractivity (Wildman–Crippen MR) is 59.2 cm³/mol. The van der Waals surface area contributed by atoms with Crippen molar-refractivity contribution in [2.24, 2.45) is 5.92 Å². The van der Waals surface area contributed by atoms with E-state index in [1.165, 1.54) is 12.1 Å². The maximum absolute atomic E-state index is 13.0. The van der Waals surface area contributed by atoms with Crippen molar-refractivity contribution in [2.75, 3.05) is 13.1 Å². The summed E-state index contributed by atoms with van der Waals surface area (Å²) in [5.74, 6) is 0.0795. The van der Waals surface area contributed by atoms with E-state index in [0.29, 0.717) is 16.0 Å². The molecule has 80 valence electrons. The predicted octanol–water partition coefficient (Wildman–Crippen LogP) is 2.68. The first kappa shape index (κ1) is 10.6. The number of hydrogen-bond donors (Lipinski definition) is 0. The number of amides is 1. The second-order valence-corrected chi connectivity index (χ2v) is 4.79. The van der Waals surface area contributed by atoms with Crippen molar-refractivity contribution in [3.8, 4) is 0 Å². The molecule has 4 heteroatoms. The lowest BCUT2D eigenvalue weighted by molar-refractivity contribution is 0.0529. The minimum atomic E-state index is -0.380. The van der Waals surface area contributed by atoms with Crippen LogP contribution in [0.4, 0.5) is 4.39 Å². The van der Waals surface area contributed by atoms with Gasteiger partial charge in [-0.15, -0.1) is 0 Å². The highest BCUT2D eigenvalue weighted by Crippen LogP contribution is 2.23. The lowest BCUT2D eigenvalue weighted by Gasteiger charge is -2.37. The molecule has 0 bridgehead atoms. The van der Waals surface area contributed by atoms with Gasteiger partial charge in [-0.05, 0) is 40.0 Å². The molecule has 1 aromatic rings. The van der Waals surface area contributed by atoms with Gasteiger partial charge in [-0.25, -0.2) is 4.39 Å². The molecule has 1 aliphatic rings. The standard InChI is InChI=1S/C11H11BrFNO/c1-7-5-14(6-7)11(15)9-4-8(13)2-3-10(9)12/h2-4,7H,5-6H2,1H3. The Morgan fingerprint density at radius 3 is 2.80 bits per heavy atom. The minimum absolute atomic E-state index is 0.0977. The Morgan fingerprint density at radius 1 is 1.53 bits per heavy atom. The highest BCUT2D eigenvalue weighted by molar-refractivity contribution is 9.10. The van der Waals surface area contributed by atoms with Crippen LogP contribution in [0.5, 0.6) is 0 Å². The van der Waals surface area contributed by atoms with Gasteiger partial charge in [-0.1, -0.05) is 6.92 Å². The SMILES string of the molecule is CC1CN(C(=O)c2cc(F)ccc2Br)C1. The van der Waals surface area contributed by atoms with Gasteiger partial charge < -0.3 is 4.90 Å². The number of carbonyl (C=O) groups is 1. The van der Waals surface area contributed by atoms with Crippen LogP contribution in [0.25, 0.3) is 0 Å². The molecule has 1 saturated heterocycles. The van der Waals surface area contributed by atoms with E-state index in [2.05, 4.69) is 22.9 Å². The van der Waals surface area contributed by atoms with E-state index in [-0.39, 0.29) is 11.7 Å². The Labute approximate surface area is 96.2 Å². The van der Waals surface area contributed by atoms with E-state index < -0.39 is 0 Å². The van der Waals surface area contributed by atoms with E-state index in [9.17, 15) is 9.18 Å².